The molecule has 0 saturated heterocycles. The SMILES string of the molecule is COc1ccc(C=CCOC(=O)C2CC2)cc1. The van der Waals surface area contributed by atoms with Crippen LogP contribution in [0, 0.1) is 5.92 Å². The molecule has 17 heavy (non-hydrogen) atoms. The molecule has 2 rings (SSSR count). The third-order valence-corrected chi connectivity index (χ3v) is 2.66. The zero-order valence-corrected chi connectivity index (χ0v) is 9.89. The van der Waals surface area contributed by atoms with Gasteiger partial charge in [0.1, 0.15) is 12.4 Å². The fraction of sp³-hybridized carbons (Fsp3) is 0.357. The molecular weight excluding hydrogens is 216 g/mol. The molecule has 0 N–H and O–H groups in total. The van der Waals surface area contributed by atoms with E-state index in [0.29, 0.717) is 6.61 Å². The van der Waals surface area contributed by atoms with E-state index in [2.05, 4.69) is 0 Å². The monoisotopic (exact) mass is 232 g/mol. The lowest BCUT2D eigenvalue weighted by Gasteiger charge is -2.00. The number of methoxy groups -OCH3 is 1. The van der Waals surface area contributed by atoms with E-state index in [1.807, 2.05) is 36.4 Å². The van der Waals surface area contributed by atoms with Crippen molar-refractivity contribution in [1.82, 2.24) is 0 Å². The van der Waals surface area contributed by atoms with Gasteiger partial charge in [-0.1, -0.05) is 18.2 Å². The normalized spacial score (nSPS) is 14.9. The Morgan fingerprint density at radius 2 is 2.06 bits per heavy atom. The Labute approximate surface area is 101 Å². The van der Waals surface area contributed by atoms with Gasteiger partial charge in [-0.05, 0) is 36.6 Å². The first-order valence-electron chi connectivity index (χ1n) is 5.77. The fourth-order valence-corrected chi connectivity index (χ4v) is 1.47. The van der Waals surface area contributed by atoms with Gasteiger partial charge in [-0.3, -0.25) is 4.79 Å². The van der Waals surface area contributed by atoms with Crippen LogP contribution in [0.15, 0.2) is 30.3 Å². The quantitative estimate of drug-likeness (QED) is 0.732. The van der Waals surface area contributed by atoms with Gasteiger partial charge in [0.15, 0.2) is 0 Å². The van der Waals surface area contributed by atoms with Gasteiger partial charge in [-0.2, -0.15) is 0 Å². The minimum Gasteiger partial charge on any atom is -0.497 e. The third kappa shape index (κ3) is 3.63. The number of rotatable bonds is 5. The Hall–Kier alpha value is -1.77. The topological polar surface area (TPSA) is 35.5 Å². The van der Waals surface area contributed by atoms with Crippen LogP contribution in [0.2, 0.25) is 0 Å². The van der Waals surface area contributed by atoms with Crippen molar-refractivity contribution in [3.05, 3.63) is 35.9 Å². The van der Waals surface area contributed by atoms with Gasteiger partial charge in [-0.15, -0.1) is 0 Å². The molecule has 1 saturated carbocycles. The molecule has 1 aromatic carbocycles. The number of ether oxygens (including phenoxy) is 2. The van der Waals surface area contributed by atoms with Crippen LogP contribution >= 0.6 is 0 Å². The Balaban J connectivity index is 1.76. The first kappa shape index (κ1) is 11.7. The maximum atomic E-state index is 11.2. The summed E-state index contributed by atoms with van der Waals surface area (Å²) in [5.74, 6) is 0.941. The summed E-state index contributed by atoms with van der Waals surface area (Å²) in [6.07, 6.45) is 5.75. The van der Waals surface area contributed by atoms with E-state index in [1.54, 1.807) is 7.11 Å². The molecule has 3 heteroatoms. The van der Waals surface area contributed by atoms with Crippen molar-refractivity contribution in [1.29, 1.82) is 0 Å². The standard InChI is InChI=1S/C14H16O3/c1-16-13-8-4-11(5-9-13)3-2-10-17-14(15)12-6-7-12/h2-5,8-9,12H,6-7,10H2,1H3. The van der Waals surface area contributed by atoms with Crippen LogP contribution in [-0.2, 0) is 9.53 Å². The zero-order chi connectivity index (χ0) is 12.1. The summed E-state index contributed by atoms with van der Waals surface area (Å²) in [6.45, 7) is 0.349. The molecule has 0 atom stereocenters. The van der Waals surface area contributed by atoms with Crippen LogP contribution in [0.1, 0.15) is 18.4 Å². The molecule has 0 heterocycles. The number of benzene rings is 1. The predicted molar refractivity (Wildman–Crippen MR) is 65.7 cm³/mol. The van der Waals surface area contributed by atoms with E-state index in [-0.39, 0.29) is 11.9 Å². The fourth-order valence-electron chi connectivity index (χ4n) is 1.47. The van der Waals surface area contributed by atoms with Crippen LogP contribution in [0.25, 0.3) is 6.08 Å². The van der Waals surface area contributed by atoms with Gasteiger partial charge in [0.25, 0.3) is 0 Å². The molecule has 90 valence electrons. The summed E-state index contributed by atoms with van der Waals surface area (Å²) in [5, 5.41) is 0. The number of carbonyl (C=O) groups is 1. The second-order valence-corrected chi connectivity index (χ2v) is 4.08. The lowest BCUT2D eigenvalue weighted by atomic mass is 10.2. The summed E-state index contributed by atoms with van der Waals surface area (Å²) in [5.41, 5.74) is 1.06. The van der Waals surface area contributed by atoms with Crippen molar-refractivity contribution in [2.45, 2.75) is 12.8 Å². The van der Waals surface area contributed by atoms with Crippen molar-refractivity contribution >= 4 is 12.0 Å². The van der Waals surface area contributed by atoms with Crippen molar-refractivity contribution in [3.63, 3.8) is 0 Å². The molecule has 0 unspecified atom stereocenters. The average molecular weight is 232 g/mol. The largest absolute Gasteiger partial charge is 0.497 e. The molecule has 1 aliphatic carbocycles. The lowest BCUT2D eigenvalue weighted by Crippen LogP contribution is -2.05. The zero-order valence-electron chi connectivity index (χ0n) is 9.89. The average Bonchev–Trinajstić information content (AvgIpc) is 3.19. The minimum absolute atomic E-state index is 0.0654. The van der Waals surface area contributed by atoms with Crippen molar-refractivity contribution < 1.29 is 14.3 Å². The number of carbonyl (C=O) groups excluding carboxylic acids is 1. The highest BCUT2D eigenvalue weighted by Gasteiger charge is 2.30. The summed E-state index contributed by atoms with van der Waals surface area (Å²) in [6, 6.07) is 7.71. The van der Waals surface area contributed by atoms with Gasteiger partial charge in [0.05, 0.1) is 13.0 Å². The maximum Gasteiger partial charge on any atom is 0.309 e. The second-order valence-electron chi connectivity index (χ2n) is 4.08. The molecular formula is C14H16O3. The second kappa shape index (κ2) is 5.53. The third-order valence-electron chi connectivity index (χ3n) is 2.66. The highest BCUT2D eigenvalue weighted by molar-refractivity contribution is 5.75. The van der Waals surface area contributed by atoms with Gasteiger partial charge < -0.3 is 9.47 Å². The maximum absolute atomic E-state index is 11.2. The Morgan fingerprint density at radius 1 is 1.35 bits per heavy atom. The van der Waals surface area contributed by atoms with Crippen LogP contribution in [-0.4, -0.2) is 19.7 Å². The molecule has 1 fully saturated rings. The molecule has 1 aromatic rings. The summed E-state index contributed by atoms with van der Waals surface area (Å²) in [4.78, 5) is 11.2. The van der Waals surface area contributed by atoms with Gasteiger partial charge >= 0.3 is 5.97 Å². The Kier molecular flexibility index (Phi) is 3.81. The summed E-state index contributed by atoms with van der Waals surface area (Å²) in [7, 11) is 1.64. The van der Waals surface area contributed by atoms with Crippen molar-refractivity contribution in [2.75, 3.05) is 13.7 Å². The Bertz CT molecular complexity index is 402. The number of hydrogen-bond acceptors (Lipinski definition) is 3. The van der Waals surface area contributed by atoms with E-state index in [9.17, 15) is 4.79 Å². The molecule has 1 aliphatic rings. The van der Waals surface area contributed by atoms with Gasteiger partial charge in [0, 0.05) is 0 Å². The van der Waals surface area contributed by atoms with E-state index in [4.69, 9.17) is 9.47 Å². The number of esters is 1. The van der Waals surface area contributed by atoms with Crippen molar-refractivity contribution in [2.24, 2.45) is 5.92 Å². The number of hydrogen-bond donors (Lipinski definition) is 0. The van der Waals surface area contributed by atoms with E-state index >= 15 is 0 Å². The predicted octanol–water partition coefficient (Wildman–Crippen LogP) is 2.66. The minimum atomic E-state index is -0.0654. The summed E-state index contributed by atoms with van der Waals surface area (Å²) >= 11 is 0. The van der Waals surface area contributed by atoms with Gasteiger partial charge in [0.2, 0.25) is 0 Å². The summed E-state index contributed by atoms with van der Waals surface area (Å²) < 4.78 is 10.1. The molecule has 0 spiro atoms. The van der Waals surface area contributed by atoms with E-state index in [0.717, 1.165) is 24.2 Å². The Morgan fingerprint density at radius 3 is 2.65 bits per heavy atom. The van der Waals surface area contributed by atoms with E-state index in [1.165, 1.54) is 0 Å². The van der Waals surface area contributed by atoms with Crippen LogP contribution in [0.5, 0.6) is 5.75 Å². The highest BCUT2D eigenvalue weighted by Crippen LogP contribution is 2.29. The van der Waals surface area contributed by atoms with Crippen LogP contribution in [0.3, 0.4) is 0 Å². The molecule has 0 radical (unpaired) electrons. The smallest absolute Gasteiger partial charge is 0.309 e. The lowest BCUT2D eigenvalue weighted by molar-refractivity contribution is -0.143. The van der Waals surface area contributed by atoms with Crippen molar-refractivity contribution in [3.8, 4) is 5.75 Å². The molecule has 0 amide bonds. The van der Waals surface area contributed by atoms with Crippen LogP contribution in [0.4, 0.5) is 0 Å². The van der Waals surface area contributed by atoms with Crippen LogP contribution < -0.4 is 4.74 Å². The molecule has 0 aromatic heterocycles. The highest BCUT2D eigenvalue weighted by atomic mass is 16.5. The molecule has 3 nitrogen and oxygen atoms in total. The van der Waals surface area contributed by atoms with Gasteiger partial charge in [-0.25, -0.2) is 0 Å². The van der Waals surface area contributed by atoms with E-state index < -0.39 is 0 Å². The first-order chi connectivity index (χ1) is 8.29. The molecule has 0 aliphatic heterocycles. The first-order valence-corrected chi connectivity index (χ1v) is 5.77. The molecule has 0 bridgehead atoms.